The third kappa shape index (κ3) is 1.85. The third-order valence-electron chi connectivity index (χ3n) is 2.28. The van der Waals surface area contributed by atoms with Gasteiger partial charge in [0.15, 0.2) is 0 Å². The number of nitrogens with two attached hydrogens (primary N) is 1. The van der Waals surface area contributed by atoms with Crippen molar-refractivity contribution in [2.24, 2.45) is 4.99 Å². The number of hydrogen-bond acceptors (Lipinski definition) is 3. The summed E-state index contributed by atoms with van der Waals surface area (Å²) in [5, 5.41) is 0. The Labute approximate surface area is 91.9 Å². The highest BCUT2D eigenvalue weighted by Gasteiger charge is 2.30. The fourth-order valence-corrected chi connectivity index (χ4v) is 1.54. The monoisotopic (exact) mass is 226 g/mol. The molecule has 1 aliphatic heterocycles. The first-order chi connectivity index (χ1) is 7.39. The van der Waals surface area contributed by atoms with Gasteiger partial charge in [-0.25, -0.2) is 13.8 Å². The summed E-state index contributed by atoms with van der Waals surface area (Å²) < 4.78 is 31.8. The Kier molecular flexibility index (Phi) is 2.33. The Morgan fingerprint density at radius 2 is 2.06 bits per heavy atom. The molecule has 5 heteroatoms. The zero-order valence-corrected chi connectivity index (χ0v) is 9.05. The lowest BCUT2D eigenvalue weighted by atomic mass is 10.1. The van der Waals surface area contributed by atoms with Gasteiger partial charge in [-0.15, -0.1) is 0 Å². The van der Waals surface area contributed by atoms with Crippen LogP contribution in [0.3, 0.4) is 0 Å². The quantitative estimate of drug-likeness (QED) is 0.745. The van der Waals surface area contributed by atoms with Gasteiger partial charge in [0.25, 0.3) is 0 Å². The molecule has 2 N–H and O–H groups in total. The highest BCUT2D eigenvalue weighted by molar-refractivity contribution is 6.00. The summed E-state index contributed by atoms with van der Waals surface area (Å²) in [7, 11) is 0. The summed E-state index contributed by atoms with van der Waals surface area (Å²) in [4.78, 5) is 4.06. The van der Waals surface area contributed by atoms with Crippen molar-refractivity contribution in [1.29, 1.82) is 0 Å². The van der Waals surface area contributed by atoms with E-state index in [1.165, 1.54) is 0 Å². The number of benzene rings is 1. The summed E-state index contributed by atoms with van der Waals surface area (Å²) in [5.74, 6) is -1.33. The Bertz CT molecular complexity index is 446. The molecule has 0 atom stereocenters. The second kappa shape index (κ2) is 3.43. The van der Waals surface area contributed by atoms with Gasteiger partial charge < -0.3 is 10.5 Å². The third-order valence-corrected chi connectivity index (χ3v) is 2.28. The van der Waals surface area contributed by atoms with E-state index in [0.29, 0.717) is 6.54 Å². The summed E-state index contributed by atoms with van der Waals surface area (Å²) in [6.45, 7) is 4.10. The maximum Gasteiger partial charge on any atom is 0.221 e. The normalized spacial score (nSPS) is 18.1. The highest BCUT2D eigenvalue weighted by Crippen LogP contribution is 2.26. The van der Waals surface area contributed by atoms with Crippen molar-refractivity contribution in [3.05, 3.63) is 29.3 Å². The lowest BCUT2D eigenvalue weighted by molar-refractivity contribution is 0.131. The van der Waals surface area contributed by atoms with Gasteiger partial charge in [-0.1, -0.05) is 0 Å². The number of ether oxygens (including phenoxy) is 1. The average molecular weight is 226 g/mol. The molecule has 0 aliphatic carbocycles. The second-order valence-corrected chi connectivity index (χ2v) is 4.33. The van der Waals surface area contributed by atoms with Crippen LogP contribution in [0.15, 0.2) is 17.1 Å². The Morgan fingerprint density at radius 3 is 2.56 bits per heavy atom. The zero-order valence-electron chi connectivity index (χ0n) is 9.05. The Morgan fingerprint density at radius 1 is 1.38 bits per heavy atom. The molecule has 0 spiro atoms. The minimum Gasteiger partial charge on any atom is -0.469 e. The molecule has 1 aromatic rings. The molecular weight excluding hydrogens is 214 g/mol. The fraction of sp³-hybridized carbons (Fsp3) is 0.364. The maximum atomic E-state index is 13.5. The topological polar surface area (TPSA) is 47.6 Å². The zero-order chi connectivity index (χ0) is 11.9. The van der Waals surface area contributed by atoms with Crippen molar-refractivity contribution >= 4 is 11.6 Å². The lowest BCUT2D eigenvalue weighted by Gasteiger charge is -2.18. The van der Waals surface area contributed by atoms with Gasteiger partial charge >= 0.3 is 0 Å². The van der Waals surface area contributed by atoms with E-state index >= 15 is 0 Å². The molecule has 1 aliphatic rings. The van der Waals surface area contributed by atoms with Gasteiger partial charge in [-0.2, -0.15) is 0 Å². The fourth-order valence-electron chi connectivity index (χ4n) is 1.54. The van der Waals surface area contributed by atoms with E-state index < -0.39 is 17.2 Å². The Hall–Kier alpha value is -1.65. The molecule has 0 fully saturated rings. The standard InChI is InChI=1S/C11H12F2N2O/c1-11(2)5-15-10(16-11)9-7(13)3-6(12)4-8(9)14/h3-4H,5,14H2,1-2H3. The number of anilines is 1. The number of nitrogen functional groups attached to an aromatic ring is 1. The molecule has 0 saturated carbocycles. The first kappa shape index (κ1) is 10.9. The van der Waals surface area contributed by atoms with Crippen molar-refractivity contribution in [3.63, 3.8) is 0 Å². The molecule has 3 nitrogen and oxygen atoms in total. The first-order valence-corrected chi connectivity index (χ1v) is 4.87. The molecule has 1 heterocycles. The van der Waals surface area contributed by atoms with Crippen LogP contribution in [-0.2, 0) is 4.74 Å². The van der Waals surface area contributed by atoms with Crippen LogP contribution in [0.1, 0.15) is 19.4 Å². The van der Waals surface area contributed by atoms with Crippen LogP contribution in [0.4, 0.5) is 14.5 Å². The van der Waals surface area contributed by atoms with Crippen LogP contribution in [0.2, 0.25) is 0 Å². The van der Waals surface area contributed by atoms with Crippen molar-refractivity contribution in [1.82, 2.24) is 0 Å². The van der Waals surface area contributed by atoms with E-state index in [-0.39, 0.29) is 17.1 Å². The molecule has 0 amide bonds. The number of nitrogens with zero attached hydrogens (tertiary/aromatic N) is 1. The highest BCUT2D eigenvalue weighted by atomic mass is 19.1. The van der Waals surface area contributed by atoms with Gasteiger partial charge in [-0.3, -0.25) is 0 Å². The number of aliphatic imine (C=N–C) groups is 1. The van der Waals surface area contributed by atoms with E-state index in [2.05, 4.69) is 4.99 Å². The van der Waals surface area contributed by atoms with Crippen LogP contribution in [-0.4, -0.2) is 18.0 Å². The van der Waals surface area contributed by atoms with Crippen molar-refractivity contribution in [3.8, 4) is 0 Å². The molecule has 0 bridgehead atoms. The molecule has 0 radical (unpaired) electrons. The molecule has 0 saturated heterocycles. The summed E-state index contributed by atoms with van der Waals surface area (Å²) in [6.07, 6.45) is 0. The molecule has 0 aromatic heterocycles. The van der Waals surface area contributed by atoms with Gasteiger partial charge in [0.1, 0.15) is 17.2 Å². The van der Waals surface area contributed by atoms with E-state index in [4.69, 9.17) is 10.5 Å². The smallest absolute Gasteiger partial charge is 0.221 e. The van der Waals surface area contributed by atoms with Crippen LogP contribution in [0.5, 0.6) is 0 Å². The molecule has 1 aromatic carbocycles. The van der Waals surface area contributed by atoms with E-state index in [0.717, 1.165) is 12.1 Å². The predicted octanol–water partition coefficient (Wildman–Crippen LogP) is 2.10. The lowest BCUT2D eigenvalue weighted by Crippen LogP contribution is -2.25. The SMILES string of the molecule is CC1(C)CN=C(c2c(N)cc(F)cc2F)O1. The van der Waals surface area contributed by atoms with Crippen LogP contribution in [0, 0.1) is 11.6 Å². The minimum absolute atomic E-state index is 0.00560. The molecular formula is C11H12F2N2O. The van der Waals surface area contributed by atoms with Gasteiger partial charge in [0.05, 0.1) is 17.8 Å². The summed E-state index contributed by atoms with van der Waals surface area (Å²) in [6, 6.07) is 1.82. The summed E-state index contributed by atoms with van der Waals surface area (Å²) in [5.41, 5.74) is 5.11. The molecule has 2 rings (SSSR count). The molecule has 16 heavy (non-hydrogen) atoms. The first-order valence-electron chi connectivity index (χ1n) is 4.87. The van der Waals surface area contributed by atoms with E-state index in [1.807, 2.05) is 13.8 Å². The minimum atomic E-state index is -0.756. The van der Waals surface area contributed by atoms with Crippen LogP contribution < -0.4 is 5.73 Å². The maximum absolute atomic E-state index is 13.5. The van der Waals surface area contributed by atoms with Crippen LogP contribution in [0.25, 0.3) is 0 Å². The largest absolute Gasteiger partial charge is 0.469 e. The number of hydrogen-bond donors (Lipinski definition) is 1. The van der Waals surface area contributed by atoms with Crippen molar-refractivity contribution < 1.29 is 13.5 Å². The van der Waals surface area contributed by atoms with Crippen molar-refractivity contribution in [2.45, 2.75) is 19.4 Å². The number of rotatable bonds is 1. The average Bonchev–Trinajstić information content (AvgIpc) is 2.44. The summed E-state index contributed by atoms with van der Waals surface area (Å²) >= 11 is 0. The van der Waals surface area contributed by atoms with Gasteiger partial charge in [0, 0.05) is 6.07 Å². The number of halogens is 2. The predicted molar refractivity (Wildman–Crippen MR) is 57.3 cm³/mol. The van der Waals surface area contributed by atoms with E-state index in [1.54, 1.807) is 0 Å². The molecule has 0 unspecified atom stereocenters. The van der Waals surface area contributed by atoms with E-state index in [9.17, 15) is 8.78 Å². The van der Waals surface area contributed by atoms with Gasteiger partial charge in [-0.05, 0) is 19.9 Å². The van der Waals surface area contributed by atoms with Crippen molar-refractivity contribution in [2.75, 3.05) is 12.3 Å². The Balaban J connectivity index is 2.43. The molecule has 86 valence electrons. The van der Waals surface area contributed by atoms with Gasteiger partial charge in [0.2, 0.25) is 5.90 Å². The van der Waals surface area contributed by atoms with Crippen LogP contribution >= 0.6 is 0 Å². The second-order valence-electron chi connectivity index (χ2n) is 4.33.